The Labute approximate surface area is 112 Å². The topological polar surface area (TPSA) is 37.8 Å². The van der Waals surface area contributed by atoms with Crippen LogP contribution in [0.15, 0.2) is 23.8 Å². The molecule has 0 fully saturated rings. The van der Waals surface area contributed by atoms with Crippen LogP contribution in [0.2, 0.25) is 0 Å². The Morgan fingerprint density at radius 1 is 1.33 bits per heavy atom. The van der Waals surface area contributed by atoms with Gasteiger partial charge in [-0.25, -0.2) is 4.98 Å². The highest BCUT2D eigenvalue weighted by Gasteiger charge is 2.03. The van der Waals surface area contributed by atoms with Crippen LogP contribution in [-0.4, -0.2) is 16.5 Å². The number of aromatic nitrogens is 2. The molecule has 2 aromatic rings. The van der Waals surface area contributed by atoms with Gasteiger partial charge in [0.05, 0.1) is 16.9 Å². The Morgan fingerprint density at radius 2 is 2.22 bits per heavy atom. The normalized spacial score (nSPS) is 10.8. The molecule has 0 aromatic carbocycles. The standard InChI is InChI=1S/C14H19N3S/c1-3-12-5-4-7-16-13(12)9-15-8-6-14-11(2)17-10-18-14/h4-5,7,10,15H,3,6,8-9H2,1-2H3. The average molecular weight is 261 g/mol. The summed E-state index contributed by atoms with van der Waals surface area (Å²) in [5.41, 5.74) is 5.58. The first-order valence-electron chi connectivity index (χ1n) is 6.33. The van der Waals surface area contributed by atoms with E-state index in [0.29, 0.717) is 0 Å². The van der Waals surface area contributed by atoms with Gasteiger partial charge in [0.2, 0.25) is 0 Å². The van der Waals surface area contributed by atoms with Gasteiger partial charge in [-0.15, -0.1) is 11.3 Å². The molecule has 96 valence electrons. The molecule has 2 heterocycles. The molecule has 0 aliphatic carbocycles. The molecular weight excluding hydrogens is 242 g/mol. The lowest BCUT2D eigenvalue weighted by Gasteiger charge is -2.07. The fourth-order valence-corrected chi connectivity index (χ4v) is 2.71. The fraction of sp³-hybridized carbons (Fsp3) is 0.429. The second-order valence-corrected chi connectivity index (χ2v) is 5.19. The number of thiazole rings is 1. The minimum Gasteiger partial charge on any atom is -0.311 e. The van der Waals surface area contributed by atoms with Crippen molar-refractivity contribution in [1.82, 2.24) is 15.3 Å². The van der Waals surface area contributed by atoms with Crippen molar-refractivity contribution < 1.29 is 0 Å². The van der Waals surface area contributed by atoms with Crippen LogP contribution in [-0.2, 0) is 19.4 Å². The molecule has 0 aliphatic rings. The first-order chi connectivity index (χ1) is 8.81. The summed E-state index contributed by atoms with van der Waals surface area (Å²) in [6, 6.07) is 4.15. The van der Waals surface area contributed by atoms with Gasteiger partial charge in [0.1, 0.15) is 0 Å². The lowest BCUT2D eigenvalue weighted by atomic mass is 10.1. The monoisotopic (exact) mass is 261 g/mol. The van der Waals surface area contributed by atoms with E-state index in [0.717, 1.165) is 31.6 Å². The number of pyridine rings is 1. The SMILES string of the molecule is CCc1cccnc1CNCCc1scnc1C. The van der Waals surface area contributed by atoms with Gasteiger partial charge in [0.15, 0.2) is 0 Å². The molecule has 1 N–H and O–H groups in total. The zero-order valence-electron chi connectivity index (χ0n) is 10.9. The summed E-state index contributed by atoms with van der Waals surface area (Å²) in [6.07, 6.45) is 3.95. The number of hydrogen-bond acceptors (Lipinski definition) is 4. The Morgan fingerprint density at radius 3 is 2.94 bits per heavy atom. The van der Waals surface area contributed by atoms with E-state index in [1.807, 2.05) is 17.8 Å². The Hall–Kier alpha value is -1.26. The van der Waals surface area contributed by atoms with Crippen molar-refractivity contribution in [3.63, 3.8) is 0 Å². The number of aryl methyl sites for hydroxylation is 2. The third-order valence-electron chi connectivity index (χ3n) is 3.03. The summed E-state index contributed by atoms with van der Waals surface area (Å²) < 4.78 is 0. The van der Waals surface area contributed by atoms with Crippen LogP contribution in [0.5, 0.6) is 0 Å². The van der Waals surface area contributed by atoms with Crippen molar-refractivity contribution in [2.45, 2.75) is 33.2 Å². The highest BCUT2D eigenvalue weighted by atomic mass is 32.1. The van der Waals surface area contributed by atoms with Crippen LogP contribution >= 0.6 is 11.3 Å². The van der Waals surface area contributed by atoms with Crippen LogP contribution in [0, 0.1) is 6.92 Å². The highest BCUT2D eigenvalue weighted by molar-refractivity contribution is 7.09. The van der Waals surface area contributed by atoms with Gasteiger partial charge in [-0.1, -0.05) is 13.0 Å². The van der Waals surface area contributed by atoms with Gasteiger partial charge in [0, 0.05) is 24.2 Å². The molecule has 0 bridgehead atoms. The van der Waals surface area contributed by atoms with Crippen molar-refractivity contribution in [1.29, 1.82) is 0 Å². The molecule has 0 aliphatic heterocycles. The molecule has 0 radical (unpaired) electrons. The molecule has 3 nitrogen and oxygen atoms in total. The van der Waals surface area contributed by atoms with E-state index in [9.17, 15) is 0 Å². The molecular formula is C14H19N3S. The summed E-state index contributed by atoms with van der Waals surface area (Å²) >= 11 is 1.74. The first-order valence-corrected chi connectivity index (χ1v) is 7.21. The van der Waals surface area contributed by atoms with E-state index in [2.05, 4.69) is 35.2 Å². The maximum Gasteiger partial charge on any atom is 0.0797 e. The molecule has 0 amide bonds. The smallest absolute Gasteiger partial charge is 0.0797 e. The van der Waals surface area contributed by atoms with Gasteiger partial charge < -0.3 is 5.32 Å². The second kappa shape index (κ2) is 6.61. The van der Waals surface area contributed by atoms with Crippen molar-refractivity contribution in [3.05, 3.63) is 45.7 Å². The highest BCUT2D eigenvalue weighted by Crippen LogP contribution is 2.12. The summed E-state index contributed by atoms with van der Waals surface area (Å²) in [7, 11) is 0. The first kappa shape index (κ1) is 13.2. The van der Waals surface area contributed by atoms with Crippen LogP contribution in [0.4, 0.5) is 0 Å². The molecule has 0 unspecified atom stereocenters. The van der Waals surface area contributed by atoms with Gasteiger partial charge >= 0.3 is 0 Å². The summed E-state index contributed by atoms with van der Waals surface area (Å²) in [6.45, 7) is 6.06. The van der Waals surface area contributed by atoms with Crippen molar-refractivity contribution >= 4 is 11.3 Å². The van der Waals surface area contributed by atoms with Gasteiger partial charge in [-0.05, 0) is 31.4 Å². The van der Waals surface area contributed by atoms with Crippen LogP contribution in [0.1, 0.15) is 28.8 Å². The van der Waals surface area contributed by atoms with E-state index >= 15 is 0 Å². The van der Waals surface area contributed by atoms with Gasteiger partial charge in [0.25, 0.3) is 0 Å². The van der Waals surface area contributed by atoms with Crippen molar-refractivity contribution in [2.24, 2.45) is 0 Å². The van der Waals surface area contributed by atoms with Gasteiger partial charge in [-0.3, -0.25) is 4.98 Å². The van der Waals surface area contributed by atoms with Gasteiger partial charge in [-0.2, -0.15) is 0 Å². The lowest BCUT2D eigenvalue weighted by molar-refractivity contribution is 0.671. The Kier molecular flexibility index (Phi) is 4.84. The third-order valence-corrected chi connectivity index (χ3v) is 4.03. The molecule has 0 saturated heterocycles. The maximum absolute atomic E-state index is 4.43. The maximum atomic E-state index is 4.43. The van der Waals surface area contributed by atoms with Crippen molar-refractivity contribution in [2.75, 3.05) is 6.54 Å². The van der Waals surface area contributed by atoms with E-state index < -0.39 is 0 Å². The molecule has 18 heavy (non-hydrogen) atoms. The molecule has 0 atom stereocenters. The molecule has 4 heteroatoms. The van der Waals surface area contributed by atoms with Crippen LogP contribution < -0.4 is 5.32 Å². The Bertz CT molecular complexity index is 493. The Balaban J connectivity index is 1.80. The number of rotatable bonds is 6. The molecule has 2 aromatic heterocycles. The summed E-state index contributed by atoms with van der Waals surface area (Å²) in [4.78, 5) is 10.1. The quantitative estimate of drug-likeness (QED) is 0.813. The number of nitrogens with one attached hydrogen (secondary N) is 1. The summed E-state index contributed by atoms with van der Waals surface area (Å²) in [5.74, 6) is 0. The predicted molar refractivity (Wildman–Crippen MR) is 75.9 cm³/mol. The number of hydrogen-bond donors (Lipinski definition) is 1. The van der Waals surface area contributed by atoms with E-state index in [-0.39, 0.29) is 0 Å². The van der Waals surface area contributed by atoms with E-state index in [4.69, 9.17) is 0 Å². The molecule has 0 spiro atoms. The third kappa shape index (κ3) is 3.37. The predicted octanol–water partition coefficient (Wildman–Crippen LogP) is 2.74. The van der Waals surface area contributed by atoms with Crippen molar-refractivity contribution in [3.8, 4) is 0 Å². The minimum atomic E-state index is 0.849. The molecule has 2 rings (SSSR count). The largest absolute Gasteiger partial charge is 0.311 e. The second-order valence-electron chi connectivity index (χ2n) is 4.25. The van der Waals surface area contributed by atoms with E-state index in [1.165, 1.54) is 16.1 Å². The van der Waals surface area contributed by atoms with Crippen LogP contribution in [0.3, 0.4) is 0 Å². The fourth-order valence-electron chi connectivity index (χ4n) is 1.93. The average Bonchev–Trinajstić information content (AvgIpc) is 2.81. The number of nitrogens with zero attached hydrogens (tertiary/aromatic N) is 2. The van der Waals surface area contributed by atoms with Crippen LogP contribution in [0.25, 0.3) is 0 Å². The minimum absolute atomic E-state index is 0.849. The summed E-state index contributed by atoms with van der Waals surface area (Å²) in [5, 5.41) is 3.46. The van der Waals surface area contributed by atoms with E-state index in [1.54, 1.807) is 11.3 Å². The molecule has 0 saturated carbocycles. The lowest BCUT2D eigenvalue weighted by Crippen LogP contribution is -2.18. The zero-order chi connectivity index (χ0) is 12.8. The zero-order valence-corrected chi connectivity index (χ0v) is 11.8.